The van der Waals surface area contributed by atoms with E-state index in [1.165, 1.54) is 12.1 Å². The molecule has 3 heterocycles. The number of unbranched alkanes of at least 4 members (excludes halogenated alkanes) is 1. The quantitative estimate of drug-likeness (QED) is 0.0648. The van der Waals surface area contributed by atoms with Crippen LogP contribution in [0.15, 0.2) is 109 Å². The van der Waals surface area contributed by atoms with E-state index in [0.29, 0.717) is 35.6 Å². The average molecular weight is 848 g/mol. The minimum Gasteiger partial charge on any atom is -0.494 e. The lowest BCUT2D eigenvalue weighted by Crippen LogP contribution is -2.37. The molecule has 0 saturated carbocycles. The number of aromatic nitrogens is 1. The molecule has 1 saturated heterocycles. The predicted molar refractivity (Wildman–Crippen MR) is 248 cm³/mol. The third-order valence-electron chi connectivity index (χ3n) is 10.8. The lowest BCUT2D eigenvalue weighted by Gasteiger charge is -2.29. The first-order chi connectivity index (χ1) is 30.2. The second-order valence-electron chi connectivity index (χ2n) is 16.3. The molecular weight excluding hydrogens is 782 g/mol. The van der Waals surface area contributed by atoms with Gasteiger partial charge in [-0.2, -0.15) is 0 Å². The molecule has 2 aromatic carbocycles. The molecule has 0 atom stereocenters. The Morgan fingerprint density at radius 1 is 0.839 bits per heavy atom. The Hall–Kier alpha value is -5.52. The van der Waals surface area contributed by atoms with Gasteiger partial charge in [0.1, 0.15) is 11.6 Å². The number of halogens is 1. The van der Waals surface area contributed by atoms with Crippen LogP contribution in [-0.4, -0.2) is 91.6 Å². The number of carbonyl (C=O) groups is 3. The van der Waals surface area contributed by atoms with Gasteiger partial charge in [-0.1, -0.05) is 81.5 Å². The zero-order valence-electron chi connectivity index (χ0n) is 36.9. The smallest absolute Gasteiger partial charge is 0.257 e. The molecule has 0 spiro atoms. The van der Waals surface area contributed by atoms with E-state index in [0.717, 1.165) is 95.2 Å². The van der Waals surface area contributed by atoms with Gasteiger partial charge >= 0.3 is 0 Å². The second-order valence-corrected chi connectivity index (χ2v) is 16.3. The van der Waals surface area contributed by atoms with Crippen molar-refractivity contribution in [2.75, 3.05) is 59.1 Å². The van der Waals surface area contributed by atoms with Gasteiger partial charge in [0, 0.05) is 73.8 Å². The lowest BCUT2D eigenvalue weighted by molar-refractivity contribution is -0.121. The van der Waals surface area contributed by atoms with E-state index in [1.807, 2.05) is 13.8 Å². The van der Waals surface area contributed by atoms with Crippen molar-refractivity contribution in [1.29, 1.82) is 0 Å². The number of nitrogens with zero attached hydrogens (tertiary/aromatic N) is 2. The SMILES string of the molecule is CC/C=C\C/C=C\C/C=C\C/C=C\C/C=C\CCCC(=O)NCCNC(=O)C1=CN(C(=O)c2ccc(OCCCN3CCOCC3)cc2)CC(C)(C)c2c1[nH]c1cc(F)ccc21. The van der Waals surface area contributed by atoms with E-state index in [2.05, 4.69) is 88.2 Å². The summed E-state index contributed by atoms with van der Waals surface area (Å²) < 4.78 is 25.8. The van der Waals surface area contributed by atoms with E-state index in [4.69, 9.17) is 9.47 Å². The average Bonchev–Trinajstić information content (AvgIpc) is 3.60. The van der Waals surface area contributed by atoms with E-state index in [9.17, 15) is 18.8 Å². The number of hydrogen-bond donors (Lipinski definition) is 3. The summed E-state index contributed by atoms with van der Waals surface area (Å²) in [5, 5.41) is 6.61. The summed E-state index contributed by atoms with van der Waals surface area (Å²) in [5.74, 6) is -0.469. The van der Waals surface area contributed by atoms with Gasteiger partial charge in [-0.3, -0.25) is 19.3 Å². The van der Waals surface area contributed by atoms with Crippen LogP contribution in [0, 0.1) is 5.82 Å². The van der Waals surface area contributed by atoms with Crippen LogP contribution in [0.1, 0.15) is 100 Å². The van der Waals surface area contributed by atoms with Crippen LogP contribution in [0.3, 0.4) is 0 Å². The number of amides is 3. The maximum absolute atomic E-state index is 14.4. The molecule has 2 aliphatic heterocycles. The summed E-state index contributed by atoms with van der Waals surface area (Å²) in [5.41, 5.74) is 2.01. The highest BCUT2D eigenvalue weighted by Crippen LogP contribution is 2.40. The van der Waals surface area contributed by atoms with Crippen molar-refractivity contribution in [3.05, 3.63) is 132 Å². The molecule has 5 rings (SSSR count). The van der Waals surface area contributed by atoms with Gasteiger partial charge in [0.2, 0.25) is 5.91 Å². The van der Waals surface area contributed by atoms with Crippen LogP contribution in [-0.2, 0) is 19.7 Å². The number of rotatable bonds is 23. The van der Waals surface area contributed by atoms with Crippen LogP contribution >= 0.6 is 0 Å². The number of nitrogens with one attached hydrogen (secondary N) is 3. The molecule has 2 aliphatic rings. The summed E-state index contributed by atoms with van der Waals surface area (Å²) in [6.07, 6.45) is 30.8. The van der Waals surface area contributed by atoms with Crippen LogP contribution in [0.25, 0.3) is 16.5 Å². The molecule has 1 aromatic heterocycles. The van der Waals surface area contributed by atoms with E-state index >= 15 is 0 Å². The van der Waals surface area contributed by atoms with Gasteiger partial charge in [0.05, 0.1) is 31.1 Å². The molecule has 3 aromatic rings. The molecular formula is C51H66FN5O5. The normalized spacial score (nSPS) is 15.9. The Morgan fingerprint density at radius 2 is 1.48 bits per heavy atom. The summed E-state index contributed by atoms with van der Waals surface area (Å²) >= 11 is 0. The highest BCUT2D eigenvalue weighted by molar-refractivity contribution is 6.21. The molecule has 332 valence electrons. The van der Waals surface area contributed by atoms with Crippen molar-refractivity contribution in [1.82, 2.24) is 25.4 Å². The topological polar surface area (TPSA) is 116 Å². The number of allylic oxidation sites excluding steroid dienone is 10. The van der Waals surface area contributed by atoms with Crippen molar-refractivity contribution in [2.45, 2.75) is 84.0 Å². The fourth-order valence-electron chi connectivity index (χ4n) is 7.62. The maximum atomic E-state index is 14.4. The first-order valence-corrected chi connectivity index (χ1v) is 22.3. The second kappa shape index (κ2) is 25.4. The molecule has 0 aliphatic carbocycles. The standard InChI is InChI=1S/C51H66FN5O5/c1-4-5-6-7-8-9-10-11-12-13-14-15-16-17-18-19-20-22-46(58)53-29-30-54-49(59)44-38-57(39-51(2,3)47-43-28-25-41(52)37-45(43)55-48(44)47)50(60)40-23-26-42(27-24-40)62-34-21-31-56-32-35-61-36-33-56/h5-6,8-9,11-12,14-15,17-18,23-28,37-38,55H,4,7,10,13,16,19-22,29-36,39H2,1-3H3,(H,53,58)(H,54,59)/b6-5-,9-8-,12-11-,15-14-,18-17-. The van der Waals surface area contributed by atoms with Crippen molar-refractivity contribution in [3.8, 4) is 5.75 Å². The molecule has 0 radical (unpaired) electrons. The summed E-state index contributed by atoms with van der Waals surface area (Å²) in [6, 6.07) is 11.6. The highest BCUT2D eigenvalue weighted by Gasteiger charge is 2.37. The number of H-pyrrole nitrogens is 1. The van der Waals surface area contributed by atoms with Crippen LogP contribution in [0.5, 0.6) is 5.75 Å². The molecule has 3 N–H and O–H groups in total. The number of morpholine rings is 1. The van der Waals surface area contributed by atoms with Gasteiger partial charge in [-0.05, 0) is 99.4 Å². The largest absolute Gasteiger partial charge is 0.494 e. The summed E-state index contributed by atoms with van der Waals surface area (Å²) in [6.45, 7) is 11.8. The van der Waals surface area contributed by atoms with Gasteiger partial charge in [-0.25, -0.2) is 4.39 Å². The molecule has 11 heteroatoms. The Bertz CT molecular complexity index is 2090. The Kier molecular flexibility index (Phi) is 19.5. The number of aromatic amines is 1. The monoisotopic (exact) mass is 848 g/mol. The lowest BCUT2D eigenvalue weighted by atomic mass is 9.81. The number of benzene rings is 2. The van der Waals surface area contributed by atoms with Gasteiger partial charge in [0.15, 0.2) is 0 Å². The van der Waals surface area contributed by atoms with Crippen LogP contribution in [0.2, 0.25) is 0 Å². The van der Waals surface area contributed by atoms with Gasteiger partial charge in [0.25, 0.3) is 11.8 Å². The molecule has 1 fully saturated rings. The highest BCUT2D eigenvalue weighted by atomic mass is 19.1. The number of carbonyl (C=O) groups excluding carboxylic acids is 3. The van der Waals surface area contributed by atoms with Crippen molar-refractivity contribution >= 4 is 34.2 Å². The molecule has 10 nitrogen and oxygen atoms in total. The Balaban J connectivity index is 1.10. The molecule has 0 bridgehead atoms. The first kappa shape index (κ1) is 47.5. The van der Waals surface area contributed by atoms with Crippen molar-refractivity contribution in [3.63, 3.8) is 0 Å². The van der Waals surface area contributed by atoms with E-state index in [1.54, 1.807) is 41.4 Å². The van der Waals surface area contributed by atoms with Crippen molar-refractivity contribution in [2.24, 2.45) is 0 Å². The van der Waals surface area contributed by atoms with Crippen LogP contribution < -0.4 is 15.4 Å². The fraction of sp³-hybridized carbons (Fsp3) is 0.431. The Morgan fingerprint density at radius 3 is 2.16 bits per heavy atom. The minimum absolute atomic E-state index is 0.0804. The summed E-state index contributed by atoms with van der Waals surface area (Å²) in [4.78, 5) is 47.9. The zero-order chi connectivity index (χ0) is 44.0. The van der Waals surface area contributed by atoms with E-state index in [-0.39, 0.29) is 37.0 Å². The summed E-state index contributed by atoms with van der Waals surface area (Å²) in [7, 11) is 0. The number of ether oxygens (including phenoxy) is 2. The third-order valence-corrected chi connectivity index (χ3v) is 10.8. The molecule has 3 amide bonds. The number of hydrogen-bond acceptors (Lipinski definition) is 6. The maximum Gasteiger partial charge on any atom is 0.257 e. The first-order valence-electron chi connectivity index (χ1n) is 22.3. The van der Waals surface area contributed by atoms with Gasteiger partial charge in [-0.15, -0.1) is 0 Å². The van der Waals surface area contributed by atoms with E-state index < -0.39 is 17.1 Å². The predicted octanol–water partition coefficient (Wildman–Crippen LogP) is 9.34. The minimum atomic E-state index is -0.621. The number of fused-ring (bicyclic) bond motifs is 3. The van der Waals surface area contributed by atoms with Gasteiger partial charge < -0.3 is 30.0 Å². The molecule has 0 unspecified atom stereocenters. The fourth-order valence-corrected chi connectivity index (χ4v) is 7.62. The Labute approximate surface area is 367 Å². The van der Waals surface area contributed by atoms with Crippen molar-refractivity contribution < 1.29 is 28.2 Å². The molecule has 62 heavy (non-hydrogen) atoms. The third kappa shape index (κ3) is 15.1. The zero-order valence-corrected chi connectivity index (χ0v) is 36.9. The van der Waals surface area contributed by atoms with Crippen LogP contribution in [0.4, 0.5) is 4.39 Å².